The van der Waals surface area contributed by atoms with E-state index in [1.165, 1.54) is 49.7 Å². The van der Waals surface area contributed by atoms with Crippen LogP contribution in [0.1, 0.15) is 73.6 Å². The molecule has 26 heavy (non-hydrogen) atoms. The van der Waals surface area contributed by atoms with E-state index in [1.54, 1.807) is 6.21 Å². The van der Waals surface area contributed by atoms with Crippen molar-refractivity contribution in [2.24, 2.45) is 16.1 Å². The summed E-state index contributed by atoms with van der Waals surface area (Å²) in [6.45, 7) is 4.39. The van der Waals surface area contributed by atoms with Gasteiger partial charge in [0.1, 0.15) is 0 Å². The Bertz CT molecular complexity index is 718. The smallest absolute Gasteiger partial charge is 0.0568 e. The number of hydrogen-bond acceptors (Lipinski definition) is 2. The van der Waals surface area contributed by atoms with Gasteiger partial charge >= 0.3 is 0 Å². The lowest BCUT2D eigenvalue weighted by Gasteiger charge is -2.28. The molecule has 0 aromatic heterocycles. The van der Waals surface area contributed by atoms with Crippen molar-refractivity contribution in [1.82, 2.24) is 0 Å². The standard InChI is InChI=1S/C24H30N2/c1-3-4-20-9-13-23(14-10-20)24-15-11-22(12-16-24)18-26-25-17-21-7-5-19(2)6-8-21/h5-8,11-12,15-18,20,23H,3-4,9-10,13-14H2,1-2H3/b25-17+,26-18+. The van der Waals surface area contributed by atoms with Gasteiger partial charge in [-0.05, 0) is 61.1 Å². The van der Waals surface area contributed by atoms with Crippen LogP contribution in [0.4, 0.5) is 0 Å². The molecule has 2 nitrogen and oxygen atoms in total. The highest BCUT2D eigenvalue weighted by molar-refractivity contribution is 5.82. The summed E-state index contributed by atoms with van der Waals surface area (Å²) in [6, 6.07) is 17.2. The van der Waals surface area contributed by atoms with Gasteiger partial charge in [-0.25, -0.2) is 0 Å². The Morgan fingerprint density at radius 3 is 1.88 bits per heavy atom. The van der Waals surface area contributed by atoms with Crippen LogP contribution in [0.15, 0.2) is 58.7 Å². The molecule has 0 unspecified atom stereocenters. The van der Waals surface area contributed by atoms with Crippen LogP contribution in [0, 0.1) is 12.8 Å². The Morgan fingerprint density at radius 2 is 1.35 bits per heavy atom. The topological polar surface area (TPSA) is 24.7 Å². The maximum Gasteiger partial charge on any atom is 0.0568 e. The molecule has 2 aromatic rings. The quantitative estimate of drug-likeness (QED) is 0.420. The zero-order valence-electron chi connectivity index (χ0n) is 16.1. The summed E-state index contributed by atoms with van der Waals surface area (Å²) in [6.07, 6.45) is 11.8. The SMILES string of the molecule is CCCC1CCC(c2ccc(/C=N/N=C/c3ccc(C)cc3)cc2)CC1. The van der Waals surface area contributed by atoms with Gasteiger partial charge in [0.2, 0.25) is 0 Å². The number of nitrogens with zero attached hydrogens (tertiary/aromatic N) is 2. The third kappa shape index (κ3) is 5.39. The zero-order valence-corrected chi connectivity index (χ0v) is 16.1. The first-order chi connectivity index (χ1) is 12.7. The lowest BCUT2D eigenvalue weighted by molar-refractivity contribution is 0.308. The van der Waals surface area contributed by atoms with Crippen molar-refractivity contribution in [3.05, 3.63) is 70.8 Å². The summed E-state index contributed by atoms with van der Waals surface area (Å²) in [5, 5.41) is 8.33. The minimum Gasteiger partial charge on any atom is -0.159 e. The van der Waals surface area contributed by atoms with Gasteiger partial charge in [-0.2, -0.15) is 10.2 Å². The average molecular weight is 347 g/mol. The van der Waals surface area contributed by atoms with Gasteiger partial charge in [0, 0.05) is 0 Å². The molecular weight excluding hydrogens is 316 g/mol. The molecule has 0 saturated heterocycles. The van der Waals surface area contributed by atoms with Crippen molar-refractivity contribution in [2.75, 3.05) is 0 Å². The Kier molecular flexibility index (Phi) is 6.76. The van der Waals surface area contributed by atoms with E-state index in [1.807, 2.05) is 6.21 Å². The maximum absolute atomic E-state index is 4.18. The molecule has 1 aliphatic rings. The van der Waals surface area contributed by atoms with Crippen LogP contribution in [0.2, 0.25) is 0 Å². The Labute approximate surface area is 158 Å². The van der Waals surface area contributed by atoms with Gasteiger partial charge in [0.25, 0.3) is 0 Å². The summed E-state index contributed by atoms with van der Waals surface area (Å²) < 4.78 is 0. The molecule has 3 rings (SSSR count). The number of rotatable bonds is 6. The number of hydrogen-bond donors (Lipinski definition) is 0. The molecule has 136 valence electrons. The monoisotopic (exact) mass is 346 g/mol. The molecule has 1 saturated carbocycles. The molecule has 0 amide bonds. The fourth-order valence-corrected chi connectivity index (χ4v) is 3.90. The molecular formula is C24H30N2. The average Bonchev–Trinajstić information content (AvgIpc) is 2.68. The summed E-state index contributed by atoms with van der Waals surface area (Å²) in [5.74, 6) is 1.71. The molecule has 1 fully saturated rings. The van der Waals surface area contributed by atoms with Crippen LogP contribution >= 0.6 is 0 Å². The zero-order chi connectivity index (χ0) is 18.2. The fraction of sp³-hybridized carbons (Fsp3) is 0.417. The van der Waals surface area contributed by atoms with E-state index in [-0.39, 0.29) is 0 Å². The van der Waals surface area contributed by atoms with Gasteiger partial charge in [0.15, 0.2) is 0 Å². The predicted octanol–water partition coefficient (Wildman–Crippen LogP) is 6.52. The minimum atomic E-state index is 0.744. The van der Waals surface area contributed by atoms with E-state index in [9.17, 15) is 0 Å². The van der Waals surface area contributed by atoms with Crippen molar-refractivity contribution >= 4 is 12.4 Å². The van der Waals surface area contributed by atoms with Gasteiger partial charge in [0.05, 0.1) is 12.4 Å². The third-order valence-corrected chi connectivity index (χ3v) is 5.51. The highest BCUT2D eigenvalue weighted by Gasteiger charge is 2.21. The van der Waals surface area contributed by atoms with Gasteiger partial charge in [-0.3, -0.25) is 0 Å². The summed E-state index contributed by atoms with van der Waals surface area (Å²) in [7, 11) is 0. The Balaban J connectivity index is 1.52. The molecule has 0 bridgehead atoms. The number of benzene rings is 2. The van der Waals surface area contributed by atoms with Crippen LogP contribution in [0.5, 0.6) is 0 Å². The van der Waals surface area contributed by atoms with Crippen molar-refractivity contribution in [2.45, 2.75) is 58.3 Å². The van der Waals surface area contributed by atoms with Crippen LogP contribution < -0.4 is 0 Å². The number of aryl methyl sites for hydroxylation is 1. The second-order valence-corrected chi connectivity index (χ2v) is 7.57. The lowest BCUT2D eigenvalue weighted by Crippen LogP contribution is -2.13. The first-order valence-electron chi connectivity index (χ1n) is 9.97. The summed E-state index contributed by atoms with van der Waals surface area (Å²) >= 11 is 0. The molecule has 2 heteroatoms. The second-order valence-electron chi connectivity index (χ2n) is 7.57. The largest absolute Gasteiger partial charge is 0.159 e. The molecule has 0 heterocycles. The highest BCUT2D eigenvalue weighted by atomic mass is 15.2. The van der Waals surface area contributed by atoms with Crippen LogP contribution in [-0.2, 0) is 0 Å². The lowest BCUT2D eigenvalue weighted by atomic mass is 9.77. The van der Waals surface area contributed by atoms with Gasteiger partial charge < -0.3 is 0 Å². The molecule has 0 N–H and O–H groups in total. The molecule has 1 aliphatic carbocycles. The van der Waals surface area contributed by atoms with Crippen molar-refractivity contribution < 1.29 is 0 Å². The third-order valence-electron chi connectivity index (χ3n) is 5.51. The molecule has 0 radical (unpaired) electrons. The van der Waals surface area contributed by atoms with Crippen LogP contribution in [0.25, 0.3) is 0 Å². The van der Waals surface area contributed by atoms with Crippen molar-refractivity contribution in [3.8, 4) is 0 Å². The van der Waals surface area contributed by atoms with E-state index in [0.29, 0.717) is 0 Å². The predicted molar refractivity (Wildman–Crippen MR) is 112 cm³/mol. The fourth-order valence-electron chi connectivity index (χ4n) is 3.90. The maximum atomic E-state index is 4.18. The first-order valence-corrected chi connectivity index (χ1v) is 9.97. The molecule has 0 aliphatic heterocycles. The Morgan fingerprint density at radius 1 is 0.808 bits per heavy atom. The normalized spacial score (nSPS) is 20.8. The second kappa shape index (κ2) is 9.47. The van der Waals surface area contributed by atoms with Crippen LogP contribution in [0.3, 0.4) is 0 Å². The van der Waals surface area contributed by atoms with Gasteiger partial charge in [-0.15, -0.1) is 0 Å². The first kappa shape index (κ1) is 18.6. The molecule has 2 aromatic carbocycles. The summed E-state index contributed by atoms with van der Waals surface area (Å²) in [4.78, 5) is 0. The van der Waals surface area contributed by atoms with Crippen LogP contribution in [-0.4, -0.2) is 12.4 Å². The van der Waals surface area contributed by atoms with E-state index in [2.05, 4.69) is 72.6 Å². The van der Waals surface area contributed by atoms with E-state index in [0.717, 1.165) is 23.0 Å². The van der Waals surface area contributed by atoms with E-state index in [4.69, 9.17) is 0 Å². The molecule has 0 atom stereocenters. The Hall–Kier alpha value is -2.22. The van der Waals surface area contributed by atoms with E-state index < -0.39 is 0 Å². The van der Waals surface area contributed by atoms with Crippen molar-refractivity contribution in [3.63, 3.8) is 0 Å². The van der Waals surface area contributed by atoms with Crippen molar-refractivity contribution in [1.29, 1.82) is 0 Å². The summed E-state index contributed by atoms with van der Waals surface area (Å²) in [5.41, 5.74) is 4.92. The minimum absolute atomic E-state index is 0.744. The molecule has 0 spiro atoms. The highest BCUT2D eigenvalue weighted by Crippen LogP contribution is 2.37. The van der Waals surface area contributed by atoms with Gasteiger partial charge in [-0.1, -0.05) is 73.9 Å². The van der Waals surface area contributed by atoms with E-state index >= 15 is 0 Å².